The van der Waals surface area contributed by atoms with Gasteiger partial charge in [0, 0.05) is 6.20 Å². The van der Waals surface area contributed by atoms with E-state index in [0.717, 1.165) is 6.07 Å². The van der Waals surface area contributed by atoms with Crippen molar-refractivity contribution in [3.8, 4) is 0 Å². The lowest BCUT2D eigenvalue weighted by Gasteiger charge is -2.07. The van der Waals surface area contributed by atoms with Gasteiger partial charge >= 0.3 is 6.18 Å². The molecule has 0 saturated heterocycles. The molecule has 12 heavy (non-hydrogen) atoms. The molecular weight excluding hydrogens is 189 g/mol. The highest BCUT2D eigenvalue weighted by Gasteiger charge is 2.33. The zero-order chi connectivity index (χ0) is 9.35. The van der Waals surface area contributed by atoms with Crippen LogP contribution in [0.15, 0.2) is 12.3 Å². The maximum atomic E-state index is 12.1. The summed E-state index contributed by atoms with van der Waals surface area (Å²) >= 11 is 5.25. The van der Waals surface area contributed by atoms with Gasteiger partial charge in [0.05, 0.1) is 5.56 Å². The van der Waals surface area contributed by atoms with Gasteiger partial charge in [0.15, 0.2) is 0 Å². The largest absolute Gasteiger partial charge is 0.419 e. The third kappa shape index (κ3) is 1.91. The summed E-state index contributed by atoms with van der Waals surface area (Å²) in [5, 5.41) is -0.506. The summed E-state index contributed by atoms with van der Waals surface area (Å²) in [6, 6.07) is 0.968. The second-order valence-electron chi connectivity index (χ2n) is 2.35. The molecule has 0 spiro atoms. The van der Waals surface area contributed by atoms with Crippen LogP contribution in [-0.2, 0) is 6.18 Å². The molecule has 64 valence electrons. The van der Waals surface area contributed by atoms with E-state index in [2.05, 4.69) is 4.98 Å². The summed E-state index contributed by atoms with van der Waals surface area (Å²) in [5.74, 6) is 0. The summed E-state index contributed by atoms with van der Waals surface area (Å²) in [5.41, 5.74) is -0.448. The Hall–Kier alpha value is -0.705. The summed E-state index contributed by atoms with van der Waals surface area (Å²) in [6.45, 7) is 0. The number of pyridine rings is 1. The van der Waals surface area contributed by atoms with Crippen LogP contribution >= 0.6 is 11.6 Å². The second kappa shape index (κ2) is 2.97. The SMILES string of the molecule is Bc1cnc(Cl)c(C(F)(F)F)c1. The molecule has 0 bridgehead atoms. The third-order valence-electron chi connectivity index (χ3n) is 1.28. The van der Waals surface area contributed by atoms with Crippen molar-refractivity contribution in [2.24, 2.45) is 0 Å². The Labute approximate surface area is 73.0 Å². The number of aromatic nitrogens is 1. The van der Waals surface area contributed by atoms with Gasteiger partial charge < -0.3 is 0 Å². The lowest BCUT2D eigenvalue weighted by Crippen LogP contribution is -2.13. The van der Waals surface area contributed by atoms with Crippen LogP contribution in [0.25, 0.3) is 0 Å². The van der Waals surface area contributed by atoms with Gasteiger partial charge in [0.1, 0.15) is 13.0 Å². The Kier molecular flexibility index (Phi) is 2.33. The van der Waals surface area contributed by atoms with Crippen LogP contribution in [-0.4, -0.2) is 12.8 Å². The van der Waals surface area contributed by atoms with Crippen molar-refractivity contribution in [1.82, 2.24) is 4.98 Å². The lowest BCUT2D eigenvalue weighted by atomic mass is 9.97. The van der Waals surface area contributed by atoms with Gasteiger partial charge in [0.2, 0.25) is 0 Å². The van der Waals surface area contributed by atoms with E-state index in [9.17, 15) is 13.2 Å². The summed E-state index contributed by atoms with van der Waals surface area (Å²) in [4.78, 5) is 3.39. The molecule has 0 saturated carbocycles. The monoisotopic (exact) mass is 193 g/mol. The Morgan fingerprint density at radius 1 is 1.42 bits per heavy atom. The quantitative estimate of drug-likeness (QED) is 0.443. The fraction of sp³-hybridized carbons (Fsp3) is 0.167. The highest BCUT2D eigenvalue weighted by atomic mass is 35.5. The zero-order valence-electron chi connectivity index (χ0n) is 6.11. The van der Waals surface area contributed by atoms with Crippen molar-refractivity contribution in [2.45, 2.75) is 6.18 Å². The molecule has 0 amide bonds. The molecule has 0 aliphatic heterocycles. The summed E-state index contributed by atoms with van der Waals surface area (Å²) < 4.78 is 36.3. The van der Waals surface area contributed by atoms with Gasteiger partial charge in [0.25, 0.3) is 0 Å². The first kappa shape index (κ1) is 9.38. The van der Waals surface area contributed by atoms with Gasteiger partial charge in [-0.15, -0.1) is 0 Å². The zero-order valence-corrected chi connectivity index (χ0v) is 6.87. The smallest absolute Gasteiger partial charge is 0.245 e. The van der Waals surface area contributed by atoms with E-state index in [1.165, 1.54) is 14.0 Å². The number of hydrogen-bond donors (Lipinski definition) is 0. The molecule has 1 rings (SSSR count). The summed E-state index contributed by atoms with van der Waals surface area (Å²) in [6.07, 6.45) is -3.13. The Bertz CT molecular complexity index is 299. The Morgan fingerprint density at radius 3 is 2.42 bits per heavy atom. The van der Waals surface area contributed by atoms with Crippen LogP contribution in [0.4, 0.5) is 13.2 Å². The average molecular weight is 193 g/mol. The lowest BCUT2D eigenvalue weighted by molar-refractivity contribution is -0.137. The maximum Gasteiger partial charge on any atom is 0.419 e. The molecule has 0 aliphatic rings. The summed E-state index contributed by atoms with van der Waals surface area (Å²) in [7, 11) is 1.53. The van der Waals surface area contributed by atoms with Crippen LogP contribution in [0.5, 0.6) is 0 Å². The fourth-order valence-corrected chi connectivity index (χ4v) is 0.962. The van der Waals surface area contributed by atoms with Crippen molar-refractivity contribution in [3.63, 3.8) is 0 Å². The molecule has 0 atom stereocenters. The molecule has 1 nitrogen and oxygen atoms in total. The van der Waals surface area contributed by atoms with Gasteiger partial charge in [-0.3, -0.25) is 0 Å². The predicted molar refractivity (Wildman–Crippen MR) is 42.4 cm³/mol. The van der Waals surface area contributed by atoms with Gasteiger partial charge in [-0.05, 0) is 0 Å². The molecule has 1 aromatic rings. The molecule has 1 heterocycles. The highest BCUT2D eigenvalue weighted by molar-refractivity contribution is 6.33. The minimum absolute atomic E-state index is 0.437. The van der Waals surface area contributed by atoms with E-state index in [1.54, 1.807) is 0 Å². The number of alkyl halides is 3. The topological polar surface area (TPSA) is 12.9 Å². The van der Waals surface area contributed by atoms with Crippen molar-refractivity contribution >= 4 is 24.9 Å². The highest BCUT2D eigenvalue weighted by Crippen LogP contribution is 2.32. The van der Waals surface area contributed by atoms with Crippen molar-refractivity contribution in [1.29, 1.82) is 0 Å². The van der Waals surface area contributed by atoms with E-state index in [-0.39, 0.29) is 0 Å². The van der Waals surface area contributed by atoms with Crippen LogP contribution in [0.2, 0.25) is 5.15 Å². The molecule has 0 aliphatic carbocycles. The van der Waals surface area contributed by atoms with Crippen LogP contribution in [0.3, 0.4) is 0 Å². The molecule has 6 heteroatoms. The minimum Gasteiger partial charge on any atom is -0.245 e. The second-order valence-corrected chi connectivity index (χ2v) is 2.71. The molecule has 0 N–H and O–H groups in total. The predicted octanol–water partition coefficient (Wildman–Crippen LogP) is 1.01. The first-order valence-electron chi connectivity index (χ1n) is 3.10. The fourth-order valence-electron chi connectivity index (χ4n) is 0.751. The van der Waals surface area contributed by atoms with Gasteiger partial charge in [-0.25, -0.2) is 4.98 Å². The standard InChI is InChI=1S/C6H4BClF3N/c7-3-1-4(6(9,10)11)5(8)12-2-3/h1-2H,7H2. The van der Waals surface area contributed by atoms with E-state index < -0.39 is 16.9 Å². The molecule has 0 aromatic carbocycles. The van der Waals surface area contributed by atoms with Crippen LogP contribution < -0.4 is 5.46 Å². The normalized spacial score (nSPS) is 11.7. The molecule has 0 fully saturated rings. The number of rotatable bonds is 0. The van der Waals surface area contributed by atoms with Gasteiger partial charge in [-0.1, -0.05) is 23.1 Å². The van der Waals surface area contributed by atoms with E-state index >= 15 is 0 Å². The van der Waals surface area contributed by atoms with Crippen LogP contribution in [0.1, 0.15) is 5.56 Å². The van der Waals surface area contributed by atoms with E-state index in [1.807, 2.05) is 0 Å². The van der Waals surface area contributed by atoms with Crippen molar-refractivity contribution in [3.05, 3.63) is 23.0 Å². The first-order valence-corrected chi connectivity index (χ1v) is 3.48. The number of hydrogen-bond acceptors (Lipinski definition) is 1. The van der Waals surface area contributed by atoms with Gasteiger partial charge in [-0.2, -0.15) is 13.2 Å². The molecule has 1 aromatic heterocycles. The molecule has 0 radical (unpaired) electrons. The van der Waals surface area contributed by atoms with Crippen molar-refractivity contribution < 1.29 is 13.2 Å². The van der Waals surface area contributed by atoms with Crippen LogP contribution in [0, 0.1) is 0 Å². The average Bonchev–Trinajstić information content (AvgIpc) is 1.92. The molecule has 0 unspecified atom stereocenters. The van der Waals surface area contributed by atoms with Crippen molar-refractivity contribution in [2.75, 3.05) is 0 Å². The Balaban J connectivity index is 3.23. The minimum atomic E-state index is -4.42. The number of nitrogens with zero attached hydrogens (tertiary/aromatic N) is 1. The Morgan fingerprint density at radius 2 is 2.00 bits per heavy atom. The van der Waals surface area contributed by atoms with E-state index in [4.69, 9.17) is 11.6 Å². The van der Waals surface area contributed by atoms with E-state index in [0.29, 0.717) is 5.46 Å². The first-order chi connectivity index (χ1) is 5.41. The number of halogens is 4. The third-order valence-corrected chi connectivity index (χ3v) is 1.58. The maximum absolute atomic E-state index is 12.1. The molecular formula is C6H4BClF3N.